The summed E-state index contributed by atoms with van der Waals surface area (Å²) in [5.41, 5.74) is 1.82. The molecule has 0 atom stereocenters. The summed E-state index contributed by atoms with van der Waals surface area (Å²) in [5, 5.41) is 6.83. The van der Waals surface area contributed by atoms with Gasteiger partial charge < -0.3 is 10.2 Å². The van der Waals surface area contributed by atoms with Gasteiger partial charge in [-0.25, -0.2) is 4.98 Å². The zero-order valence-corrected chi connectivity index (χ0v) is 18.0. The van der Waals surface area contributed by atoms with E-state index in [1.54, 1.807) is 11.3 Å². The summed E-state index contributed by atoms with van der Waals surface area (Å²) >= 11 is 7.85. The molecule has 1 aromatic carbocycles. The molecule has 1 saturated heterocycles. The van der Waals surface area contributed by atoms with Crippen LogP contribution in [0.5, 0.6) is 0 Å². The highest BCUT2D eigenvalue weighted by Gasteiger charge is 2.27. The Balaban J connectivity index is 1.25. The molecule has 2 heterocycles. The summed E-state index contributed by atoms with van der Waals surface area (Å²) in [6.07, 6.45) is 5.40. The molecular formula is C22H26ClN3O2S. The number of likely N-dealkylation sites (tertiary alicyclic amines) is 1. The highest BCUT2D eigenvalue weighted by molar-refractivity contribution is 7.09. The largest absolute Gasteiger partial charge is 0.350 e. The van der Waals surface area contributed by atoms with Crippen LogP contribution in [0.1, 0.15) is 54.3 Å². The van der Waals surface area contributed by atoms with Gasteiger partial charge in [0.25, 0.3) is 0 Å². The van der Waals surface area contributed by atoms with Crippen molar-refractivity contribution in [2.75, 3.05) is 13.1 Å². The van der Waals surface area contributed by atoms with Gasteiger partial charge in [0.05, 0.1) is 23.7 Å². The van der Waals surface area contributed by atoms with Gasteiger partial charge in [-0.15, -0.1) is 11.3 Å². The molecule has 1 aromatic heterocycles. The first-order valence-corrected chi connectivity index (χ1v) is 11.6. The Morgan fingerprint density at radius 3 is 2.62 bits per heavy atom. The second-order valence-electron chi connectivity index (χ2n) is 7.95. The van der Waals surface area contributed by atoms with E-state index in [0.29, 0.717) is 23.9 Å². The number of aromatic nitrogens is 1. The van der Waals surface area contributed by atoms with Crippen molar-refractivity contribution in [3.63, 3.8) is 0 Å². The zero-order valence-electron chi connectivity index (χ0n) is 16.4. The van der Waals surface area contributed by atoms with E-state index in [9.17, 15) is 9.59 Å². The predicted octanol–water partition coefficient (Wildman–Crippen LogP) is 4.16. The van der Waals surface area contributed by atoms with Crippen molar-refractivity contribution >= 4 is 34.8 Å². The van der Waals surface area contributed by atoms with Crippen LogP contribution in [-0.2, 0) is 22.6 Å². The quantitative estimate of drug-likeness (QED) is 0.746. The fraction of sp³-hybridized carbons (Fsp3) is 0.500. The number of halogens is 1. The van der Waals surface area contributed by atoms with Crippen molar-refractivity contribution in [3.05, 3.63) is 50.9 Å². The number of benzene rings is 1. The van der Waals surface area contributed by atoms with E-state index >= 15 is 0 Å². The van der Waals surface area contributed by atoms with Crippen molar-refractivity contribution in [3.8, 4) is 0 Å². The molecule has 5 nitrogen and oxygen atoms in total. The number of rotatable bonds is 6. The van der Waals surface area contributed by atoms with E-state index in [1.807, 2.05) is 34.5 Å². The van der Waals surface area contributed by atoms with Gasteiger partial charge in [0.1, 0.15) is 0 Å². The Kier molecular flexibility index (Phi) is 6.50. The summed E-state index contributed by atoms with van der Waals surface area (Å²) in [6.45, 7) is 2.02. The molecule has 1 aliphatic carbocycles. The number of hydrogen-bond acceptors (Lipinski definition) is 4. The predicted molar refractivity (Wildman–Crippen MR) is 115 cm³/mol. The fourth-order valence-corrected chi connectivity index (χ4v) is 5.07. The van der Waals surface area contributed by atoms with E-state index in [-0.39, 0.29) is 17.7 Å². The van der Waals surface area contributed by atoms with Gasteiger partial charge >= 0.3 is 0 Å². The molecule has 0 unspecified atom stereocenters. The van der Waals surface area contributed by atoms with Crippen LogP contribution in [0, 0.1) is 5.92 Å². The Morgan fingerprint density at radius 2 is 1.93 bits per heavy atom. The average Bonchev–Trinajstić information content (AvgIpc) is 3.16. The van der Waals surface area contributed by atoms with Crippen LogP contribution in [0.4, 0.5) is 0 Å². The fourth-order valence-electron chi connectivity index (χ4n) is 3.88. The van der Waals surface area contributed by atoms with Gasteiger partial charge in [0.2, 0.25) is 11.8 Å². The number of hydrogen-bond donors (Lipinski definition) is 1. The number of piperidine rings is 1. The highest BCUT2D eigenvalue weighted by atomic mass is 35.5. The zero-order chi connectivity index (χ0) is 20.2. The molecular weight excluding hydrogens is 406 g/mol. The molecule has 0 spiro atoms. The number of nitrogens with zero attached hydrogens (tertiary/aromatic N) is 2. The topological polar surface area (TPSA) is 62.3 Å². The minimum absolute atomic E-state index is 0.134. The number of nitrogens with one attached hydrogen (secondary N) is 1. The number of carbonyl (C=O) groups excluding carboxylic acids is 2. The molecule has 1 N–H and O–H groups in total. The van der Waals surface area contributed by atoms with Crippen molar-refractivity contribution in [2.24, 2.45) is 5.92 Å². The summed E-state index contributed by atoms with van der Waals surface area (Å²) in [5.74, 6) is 0.896. The molecule has 29 heavy (non-hydrogen) atoms. The van der Waals surface area contributed by atoms with Crippen molar-refractivity contribution in [1.29, 1.82) is 0 Å². The lowest BCUT2D eigenvalue weighted by molar-refractivity contribution is -0.131. The Bertz CT molecular complexity index is 872. The molecule has 2 aliphatic rings. The molecule has 1 saturated carbocycles. The summed E-state index contributed by atoms with van der Waals surface area (Å²) in [7, 11) is 0. The molecule has 7 heteroatoms. The third kappa shape index (κ3) is 4.98. The maximum Gasteiger partial charge on any atom is 0.227 e. The van der Waals surface area contributed by atoms with E-state index in [1.165, 1.54) is 6.42 Å². The average molecular weight is 432 g/mol. The van der Waals surface area contributed by atoms with Gasteiger partial charge in [-0.1, -0.05) is 36.2 Å². The van der Waals surface area contributed by atoms with Gasteiger partial charge in [-0.3, -0.25) is 9.59 Å². The minimum atomic E-state index is 0.134. The maximum atomic E-state index is 12.6. The van der Waals surface area contributed by atoms with Crippen molar-refractivity contribution < 1.29 is 9.59 Å². The molecule has 154 valence electrons. The second kappa shape index (κ2) is 9.26. The third-order valence-corrected chi connectivity index (χ3v) is 7.41. The molecule has 4 rings (SSSR count). The van der Waals surface area contributed by atoms with Crippen LogP contribution in [0.2, 0.25) is 5.02 Å². The number of amides is 2. The first-order chi connectivity index (χ1) is 14.1. The maximum absolute atomic E-state index is 12.6. The van der Waals surface area contributed by atoms with Gasteiger partial charge in [-0.05, 0) is 37.3 Å². The van der Waals surface area contributed by atoms with E-state index in [4.69, 9.17) is 16.6 Å². The van der Waals surface area contributed by atoms with Gasteiger partial charge in [-0.2, -0.15) is 0 Å². The summed E-state index contributed by atoms with van der Waals surface area (Å²) < 4.78 is 0. The lowest BCUT2D eigenvalue weighted by atomic mass is 9.85. The SMILES string of the molecule is O=C(NCc1csc(C2CCN(C(=O)Cc3ccccc3Cl)CC2)n1)C1CCC1. The van der Waals surface area contributed by atoms with Crippen LogP contribution in [0.25, 0.3) is 0 Å². The van der Waals surface area contributed by atoms with Crippen LogP contribution in [-0.4, -0.2) is 34.8 Å². The van der Waals surface area contributed by atoms with Crippen LogP contribution in [0.15, 0.2) is 29.6 Å². The molecule has 1 aliphatic heterocycles. The molecule has 2 amide bonds. The number of carbonyl (C=O) groups is 2. The monoisotopic (exact) mass is 431 g/mol. The molecule has 2 aromatic rings. The van der Waals surface area contributed by atoms with E-state index < -0.39 is 0 Å². The van der Waals surface area contributed by atoms with Crippen LogP contribution in [0.3, 0.4) is 0 Å². The summed E-state index contributed by atoms with van der Waals surface area (Å²) in [6, 6.07) is 7.52. The standard InChI is InChI=1S/C22H26ClN3O2S/c23-19-7-2-1-4-17(19)12-20(27)26-10-8-16(9-11-26)22-25-18(14-29-22)13-24-21(28)15-5-3-6-15/h1-2,4,7,14-16H,3,5-6,8-13H2,(H,24,28). The molecule has 0 radical (unpaired) electrons. The molecule has 0 bridgehead atoms. The van der Waals surface area contributed by atoms with E-state index in [2.05, 4.69) is 5.32 Å². The van der Waals surface area contributed by atoms with Crippen molar-refractivity contribution in [1.82, 2.24) is 15.2 Å². The Morgan fingerprint density at radius 1 is 1.17 bits per heavy atom. The Hall–Kier alpha value is -1.92. The minimum Gasteiger partial charge on any atom is -0.350 e. The van der Waals surface area contributed by atoms with Crippen LogP contribution < -0.4 is 5.32 Å². The first kappa shape index (κ1) is 20.4. The lowest BCUT2D eigenvalue weighted by Gasteiger charge is -2.31. The van der Waals surface area contributed by atoms with Gasteiger partial charge in [0.15, 0.2) is 0 Å². The Labute approximate surface area is 180 Å². The highest BCUT2D eigenvalue weighted by Crippen LogP contribution is 2.31. The van der Waals surface area contributed by atoms with Crippen LogP contribution >= 0.6 is 22.9 Å². The lowest BCUT2D eigenvalue weighted by Crippen LogP contribution is -2.38. The third-order valence-electron chi connectivity index (χ3n) is 5.99. The van der Waals surface area contributed by atoms with Crippen molar-refractivity contribution in [2.45, 2.75) is 51.0 Å². The van der Waals surface area contributed by atoms with Gasteiger partial charge in [0, 0.05) is 35.3 Å². The first-order valence-electron chi connectivity index (χ1n) is 10.3. The smallest absolute Gasteiger partial charge is 0.227 e. The summed E-state index contributed by atoms with van der Waals surface area (Å²) in [4.78, 5) is 31.3. The van der Waals surface area contributed by atoms with E-state index in [0.717, 1.165) is 55.0 Å². The molecule has 2 fully saturated rings. The normalized spacial score (nSPS) is 17.8. The number of thiazole rings is 1. The second-order valence-corrected chi connectivity index (χ2v) is 9.24.